The van der Waals surface area contributed by atoms with Crippen LogP contribution in [0.4, 0.5) is 5.69 Å². The second kappa shape index (κ2) is 12.3. The number of halogens is 1. The van der Waals surface area contributed by atoms with Gasteiger partial charge in [-0.15, -0.1) is 12.4 Å². The molecule has 4 nitrogen and oxygen atoms in total. The van der Waals surface area contributed by atoms with Crippen LogP contribution >= 0.6 is 12.4 Å². The van der Waals surface area contributed by atoms with Gasteiger partial charge in [0.1, 0.15) is 5.54 Å². The molecule has 1 spiro atoms. The van der Waals surface area contributed by atoms with Crippen molar-refractivity contribution in [1.82, 2.24) is 9.80 Å². The molecule has 5 rings (SSSR count). The van der Waals surface area contributed by atoms with E-state index in [9.17, 15) is 4.79 Å². The van der Waals surface area contributed by atoms with Gasteiger partial charge in [0.2, 0.25) is 5.91 Å². The van der Waals surface area contributed by atoms with Gasteiger partial charge >= 0.3 is 0 Å². The summed E-state index contributed by atoms with van der Waals surface area (Å²) in [6.45, 7) is 3.45. The minimum absolute atomic E-state index is 0. The molecule has 5 heteroatoms. The molecule has 3 aliphatic rings. The summed E-state index contributed by atoms with van der Waals surface area (Å²) in [5.74, 6) is 0.325. The Morgan fingerprint density at radius 3 is 1.89 bits per heavy atom. The topological polar surface area (TPSA) is 26.8 Å². The van der Waals surface area contributed by atoms with Crippen molar-refractivity contribution in [2.75, 3.05) is 24.7 Å². The molecule has 0 bridgehead atoms. The molecule has 2 aromatic carbocycles. The first kappa shape index (κ1) is 26.0. The fourth-order valence-electron chi connectivity index (χ4n) is 6.54. The van der Waals surface area contributed by atoms with Crippen molar-refractivity contribution >= 4 is 24.0 Å². The lowest BCUT2D eigenvalue weighted by atomic mass is 9.84. The Hall–Kier alpha value is -2.04. The average Bonchev–Trinajstić information content (AvgIpc) is 3.15. The van der Waals surface area contributed by atoms with Gasteiger partial charge in [-0.05, 0) is 43.4 Å². The normalized spacial score (nSPS) is 22.2. The zero-order valence-electron chi connectivity index (χ0n) is 21.1. The van der Waals surface area contributed by atoms with Crippen molar-refractivity contribution in [3.8, 4) is 0 Å². The minimum atomic E-state index is -0.400. The van der Waals surface area contributed by atoms with E-state index in [1.807, 2.05) is 6.07 Å². The quantitative estimate of drug-likeness (QED) is 0.475. The number of nitrogens with zero attached hydrogens (tertiary/aromatic N) is 3. The third-order valence-corrected chi connectivity index (χ3v) is 8.51. The molecule has 0 unspecified atom stereocenters. The molecule has 190 valence electrons. The summed E-state index contributed by atoms with van der Waals surface area (Å²) in [6.07, 6.45) is 14.3. The molecule has 35 heavy (non-hydrogen) atoms. The van der Waals surface area contributed by atoms with E-state index in [2.05, 4.69) is 69.3 Å². The summed E-state index contributed by atoms with van der Waals surface area (Å²) in [4.78, 5) is 21.2. The number of hydrogen-bond acceptors (Lipinski definition) is 3. The van der Waals surface area contributed by atoms with Gasteiger partial charge in [-0.25, -0.2) is 0 Å². The van der Waals surface area contributed by atoms with Gasteiger partial charge < -0.3 is 14.7 Å². The summed E-state index contributed by atoms with van der Waals surface area (Å²) in [5, 5.41) is 0. The molecule has 2 aliphatic heterocycles. The average molecular weight is 496 g/mol. The SMILES string of the molecule is Cl.O=C1N(Cc2ccccc2)CN(c2ccccc2)C12CCN(C1CCCCCCCCC1)CC2. The third-order valence-electron chi connectivity index (χ3n) is 8.51. The van der Waals surface area contributed by atoms with Crippen molar-refractivity contribution in [3.05, 3.63) is 66.2 Å². The van der Waals surface area contributed by atoms with E-state index in [0.717, 1.165) is 25.9 Å². The Morgan fingerprint density at radius 1 is 0.743 bits per heavy atom. The van der Waals surface area contributed by atoms with Crippen LogP contribution in [0.25, 0.3) is 0 Å². The van der Waals surface area contributed by atoms with E-state index in [-0.39, 0.29) is 12.4 Å². The van der Waals surface area contributed by atoms with Crippen LogP contribution in [0.1, 0.15) is 76.2 Å². The molecule has 1 aliphatic carbocycles. The molecule has 0 radical (unpaired) electrons. The number of para-hydroxylation sites is 1. The Labute approximate surface area is 218 Å². The van der Waals surface area contributed by atoms with Crippen molar-refractivity contribution < 1.29 is 4.79 Å². The maximum Gasteiger partial charge on any atom is 0.250 e. The number of anilines is 1. The van der Waals surface area contributed by atoms with Crippen LogP contribution in [-0.4, -0.2) is 47.0 Å². The molecule has 1 saturated carbocycles. The second-order valence-electron chi connectivity index (χ2n) is 10.7. The standard InChI is InChI=1S/C30H41N3O.ClH/c34-29-30(20-22-31(23-21-30)27-16-10-4-2-1-3-5-11-17-27)33(28-18-12-7-13-19-28)25-32(29)24-26-14-8-6-9-15-26;/h6-9,12-15,18-19,27H,1-5,10-11,16-17,20-25H2;1H. The largest absolute Gasteiger partial charge is 0.339 e. The number of amides is 1. The van der Waals surface area contributed by atoms with Gasteiger partial charge in [0.25, 0.3) is 0 Å². The van der Waals surface area contributed by atoms with Crippen molar-refractivity contribution in [2.24, 2.45) is 0 Å². The summed E-state index contributed by atoms with van der Waals surface area (Å²) in [5.41, 5.74) is 1.99. The number of benzene rings is 2. The van der Waals surface area contributed by atoms with Crippen molar-refractivity contribution in [1.29, 1.82) is 0 Å². The first-order chi connectivity index (χ1) is 16.8. The Balaban J connectivity index is 0.00000289. The predicted octanol–water partition coefficient (Wildman–Crippen LogP) is 6.64. The molecule has 2 aromatic rings. The number of piperidine rings is 1. The van der Waals surface area contributed by atoms with E-state index in [4.69, 9.17) is 0 Å². The molecule has 0 aromatic heterocycles. The maximum absolute atomic E-state index is 14.0. The molecule has 0 atom stereocenters. The highest BCUT2D eigenvalue weighted by molar-refractivity contribution is 5.93. The van der Waals surface area contributed by atoms with Crippen LogP contribution in [0.5, 0.6) is 0 Å². The summed E-state index contributed by atoms with van der Waals surface area (Å²) in [6, 6.07) is 21.8. The predicted molar refractivity (Wildman–Crippen MR) is 147 cm³/mol. The lowest BCUT2D eigenvalue weighted by molar-refractivity contribution is -0.134. The lowest BCUT2D eigenvalue weighted by Crippen LogP contribution is -2.58. The van der Waals surface area contributed by atoms with Crippen LogP contribution in [0.15, 0.2) is 60.7 Å². The first-order valence-electron chi connectivity index (χ1n) is 13.7. The number of rotatable bonds is 4. The fourth-order valence-corrected chi connectivity index (χ4v) is 6.54. The summed E-state index contributed by atoms with van der Waals surface area (Å²) >= 11 is 0. The van der Waals surface area contributed by atoms with Gasteiger partial charge in [0, 0.05) is 31.4 Å². The van der Waals surface area contributed by atoms with Crippen LogP contribution in [0, 0.1) is 0 Å². The fraction of sp³-hybridized carbons (Fsp3) is 0.567. The second-order valence-corrected chi connectivity index (χ2v) is 10.7. The van der Waals surface area contributed by atoms with E-state index in [1.165, 1.54) is 69.0 Å². The van der Waals surface area contributed by atoms with Crippen LogP contribution in [-0.2, 0) is 11.3 Å². The highest BCUT2D eigenvalue weighted by Gasteiger charge is 2.53. The van der Waals surface area contributed by atoms with Gasteiger partial charge in [0.05, 0.1) is 6.67 Å². The van der Waals surface area contributed by atoms with Crippen LogP contribution in [0.3, 0.4) is 0 Å². The molecule has 0 N–H and O–H groups in total. The number of carbonyl (C=O) groups excluding carboxylic acids is 1. The number of carbonyl (C=O) groups is 1. The van der Waals surface area contributed by atoms with Gasteiger partial charge in [-0.1, -0.05) is 93.5 Å². The summed E-state index contributed by atoms with van der Waals surface area (Å²) < 4.78 is 0. The van der Waals surface area contributed by atoms with Crippen LogP contribution < -0.4 is 4.90 Å². The zero-order chi connectivity index (χ0) is 23.2. The number of hydrogen-bond donors (Lipinski definition) is 0. The van der Waals surface area contributed by atoms with E-state index < -0.39 is 5.54 Å². The molecule has 1 amide bonds. The number of likely N-dealkylation sites (tertiary alicyclic amines) is 1. The highest BCUT2D eigenvalue weighted by atomic mass is 35.5. The van der Waals surface area contributed by atoms with Crippen LogP contribution in [0.2, 0.25) is 0 Å². The molecule has 2 saturated heterocycles. The third kappa shape index (κ3) is 5.86. The van der Waals surface area contributed by atoms with Gasteiger partial charge in [0.15, 0.2) is 0 Å². The molecular weight excluding hydrogens is 454 g/mol. The minimum Gasteiger partial charge on any atom is -0.339 e. The Morgan fingerprint density at radius 2 is 1.29 bits per heavy atom. The monoisotopic (exact) mass is 495 g/mol. The first-order valence-corrected chi connectivity index (χ1v) is 13.7. The van der Waals surface area contributed by atoms with E-state index >= 15 is 0 Å². The maximum atomic E-state index is 14.0. The Kier molecular flexibility index (Phi) is 9.13. The van der Waals surface area contributed by atoms with E-state index in [0.29, 0.717) is 25.2 Å². The van der Waals surface area contributed by atoms with Gasteiger partial charge in [-0.3, -0.25) is 4.79 Å². The molecule has 2 heterocycles. The molecule has 3 fully saturated rings. The lowest BCUT2D eigenvalue weighted by Gasteiger charge is -2.45. The van der Waals surface area contributed by atoms with E-state index in [1.54, 1.807) is 0 Å². The smallest absolute Gasteiger partial charge is 0.250 e. The Bertz CT molecular complexity index is 904. The molecular formula is C30H42ClN3O. The zero-order valence-corrected chi connectivity index (χ0v) is 21.9. The van der Waals surface area contributed by atoms with Crippen molar-refractivity contribution in [2.45, 2.75) is 88.8 Å². The van der Waals surface area contributed by atoms with Gasteiger partial charge in [-0.2, -0.15) is 0 Å². The highest BCUT2D eigenvalue weighted by Crippen LogP contribution is 2.41. The van der Waals surface area contributed by atoms with Crippen molar-refractivity contribution in [3.63, 3.8) is 0 Å². The summed E-state index contributed by atoms with van der Waals surface area (Å²) in [7, 11) is 0.